The molecule has 0 fully saturated rings. The summed E-state index contributed by atoms with van der Waals surface area (Å²) in [6.45, 7) is 15.7. The maximum Gasteiger partial charge on any atom is 0.407 e. The van der Waals surface area contributed by atoms with Crippen molar-refractivity contribution in [2.24, 2.45) is 0 Å². The molecule has 0 aromatic rings. The quantitative estimate of drug-likeness (QED) is 0.659. The minimum atomic E-state index is -0.375. The molecule has 0 aliphatic heterocycles. The van der Waals surface area contributed by atoms with Gasteiger partial charge in [-0.15, -0.1) is 0 Å². The van der Waals surface area contributed by atoms with E-state index >= 15 is 0 Å². The zero-order valence-corrected chi connectivity index (χ0v) is 14.2. The molecule has 0 saturated carbocycles. The standard InChI is InChI=1S/C16H31N3O2/c1-6-18(7-2)13-11-12-15(19(8-3)9-4)14-17-16(20)21-10-5/h15H,6-10,13-14H2,1-5H3,(H,17,20)/t15-/m1/s1. The van der Waals surface area contributed by atoms with Crippen molar-refractivity contribution in [2.75, 3.05) is 45.9 Å². The molecule has 21 heavy (non-hydrogen) atoms. The third kappa shape index (κ3) is 8.59. The molecule has 0 aliphatic carbocycles. The van der Waals surface area contributed by atoms with Crippen LogP contribution in [0, 0.1) is 11.8 Å². The Morgan fingerprint density at radius 2 is 1.71 bits per heavy atom. The molecule has 0 heterocycles. The molecule has 0 unspecified atom stereocenters. The Balaban J connectivity index is 4.59. The third-order valence-electron chi connectivity index (χ3n) is 3.43. The van der Waals surface area contributed by atoms with Gasteiger partial charge in [-0.05, 0) is 33.1 Å². The molecule has 0 radical (unpaired) electrons. The van der Waals surface area contributed by atoms with E-state index in [1.54, 1.807) is 6.92 Å². The minimum absolute atomic E-state index is 0.0277. The molecule has 0 rings (SSSR count). The van der Waals surface area contributed by atoms with E-state index in [0.717, 1.165) is 32.7 Å². The van der Waals surface area contributed by atoms with E-state index in [4.69, 9.17) is 4.74 Å². The topological polar surface area (TPSA) is 44.8 Å². The molecule has 5 heteroatoms. The number of hydrogen-bond donors (Lipinski definition) is 1. The van der Waals surface area contributed by atoms with Gasteiger partial charge in [-0.1, -0.05) is 39.5 Å². The van der Waals surface area contributed by atoms with Crippen molar-refractivity contribution in [1.82, 2.24) is 15.1 Å². The number of amides is 1. The van der Waals surface area contributed by atoms with Gasteiger partial charge in [0.15, 0.2) is 0 Å². The first-order valence-electron chi connectivity index (χ1n) is 7.98. The molecule has 1 N–H and O–H groups in total. The number of ether oxygens (including phenoxy) is 1. The Kier molecular flexibility index (Phi) is 11.7. The van der Waals surface area contributed by atoms with E-state index < -0.39 is 0 Å². The van der Waals surface area contributed by atoms with Crippen molar-refractivity contribution < 1.29 is 9.53 Å². The smallest absolute Gasteiger partial charge is 0.407 e. The summed E-state index contributed by atoms with van der Waals surface area (Å²) in [6, 6.07) is 0.0277. The van der Waals surface area contributed by atoms with Gasteiger partial charge in [0.1, 0.15) is 0 Å². The lowest BCUT2D eigenvalue weighted by Crippen LogP contribution is -2.43. The highest BCUT2D eigenvalue weighted by Crippen LogP contribution is 1.97. The first-order chi connectivity index (χ1) is 10.1. The molecule has 0 spiro atoms. The maximum absolute atomic E-state index is 11.4. The summed E-state index contributed by atoms with van der Waals surface area (Å²) < 4.78 is 4.89. The van der Waals surface area contributed by atoms with Crippen LogP contribution in [0.15, 0.2) is 0 Å². The summed E-state index contributed by atoms with van der Waals surface area (Å²) >= 11 is 0. The molecule has 1 atom stereocenters. The lowest BCUT2D eigenvalue weighted by Gasteiger charge is -2.25. The Labute approximate surface area is 130 Å². The summed E-state index contributed by atoms with van der Waals surface area (Å²) in [5, 5.41) is 2.78. The second-order valence-corrected chi connectivity index (χ2v) is 4.62. The number of likely N-dealkylation sites (N-methyl/N-ethyl adjacent to an activating group) is 1. The Morgan fingerprint density at radius 3 is 2.19 bits per heavy atom. The van der Waals surface area contributed by atoms with Crippen LogP contribution >= 0.6 is 0 Å². The zero-order chi connectivity index (χ0) is 16.1. The number of nitrogens with zero attached hydrogens (tertiary/aromatic N) is 2. The van der Waals surface area contributed by atoms with Crippen LogP contribution in [-0.2, 0) is 4.74 Å². The number of carbonyl (C=O) groups excluding carboxylic acids is 1. The lowest BCUT2D eigenvalue weighted by molar-refractivity contribution is 0.148. The van der Waals surface area contributed by atoms with Crippen LogP contribution in [-0.4, -0.2) is 67.8 Å². The van der Waals surface area contributed by atoms with Gasteiger partial charge in [0.2, 0.25) is 0 Å². The van der Waals surface area contributed by atoms with Crippen molar-refractivity contribution >= 4 is 6.09 Å². The molecule has 1 amide bonds. The summed E-state index contributed by atoms with van der Waals surface area (Å²) in [5.74, 6) is 6.52. The fourth-order valence-corrected chi connectivity index (χ4v) is 2.02. The zero-order valence-electron chi connectivity index (χ0n) is 14.2. The predicted octanol–water partition coefficient (Wildman–Crippen LogP) is 1.79. The highest BCUT2D eigenvalue weighted by molar-refractivity contribution is 5.67. The number of nitrogens with one attached hydrogen (secondary N) is 1. The highest BCUT2D eigenvalue weighted by Gasteiger charge is 2.14. The predicted molar refractivity (Wildman–Crippen MR) is 87.3 cm³/mol. The fraction of sp³-hybridized carbons (Fsp3) is 0.812. The number of carbonyl (C=O) groups is 1. The Hall–Kier alpha value is -1.25. The molecule has 0 saturated heterocycles. The van der Waals surface area contributed by atoms with E-state index in [-0.39, 0.29) is 12.1 Å². The van der Waals surface area contributed by atoms with Gasteiger partial charge in [0.25, 0.3) is 0 Å². The summed E-state index contributed by atoms with van der Waals surface area (Å²) in [5.41, 5.74) is 0. The van der Waals surface area contributed by atoms with Crippen LogP contribution in [0.2, 0.25) is 0 Å². The molecule has 5 nitrogen and oxygen atoms in total. The molecule has 0 aromatic heterocycles. The van der Waals surface area contributed by atoms with Crippen molar-refractivity contribution in [3.8, 4) is 11.8 Å². The van der Waals surface area contributed by atoms with Gasteiger partial charge >= 0.3 is 6.09 Å². The molecule has 0 aliphatic rings. The van der Waals surface area contributed by atoms with Crippen LogP contribution in [0.5, 0.6) is 0 Å². The van der Waals surface area contributed by atoms with Crippen LogP contribution in [0.1, 0.15) is 34.6 Å². The lowest BCUT2D eigenvalue weighted by atomic mass is 10.2. The van der Waals surface area contributed by atoms with E-state index in [0.29, 0.717) is 13.2 Å². The van der Waals surface area contributed by atoms with E-state index in [2.05, 4.69) is 54.7 Å². The summed E-state index contributed by atoms with van der Waals surface area (Å²) in [7, 11) is 0. The van der Waals surface area contributed by atoms with Gasteiger partial charge in [-0.2, -0.15) is 0 Å². The third-order valence-corrected chi connectivity index (χ3v) is 3.43. The van der Waals surface area contributed by atoms with Crippen LogP contribution in [0.3, 0.4) is 0 Å². The van der Waals surface area contributed by atoms with Gasteiger partial charge in [0, 0.05) is 6.54 Å². The molecular formula is C16H31N3O2. The Bertz CT molecular complexity index is 328. The second kappa shape index (κ2) is 12.5. The van der Waals surface area contributed by atoms with Crippen molar-refractivity contribution in [3.63, 3.8) is 0 Å². The first kappa shape index (κ1) is 19.8. The summed E-state index contributed by atoms with van der Waals surface area (Å²) in [4.78, 5) is 15.9. The van der Waals surface area contributed by atoms with E-state index in [1.165, 1.54) is 0 Å². The van der Waals surface area contributed by atoms with Gasteiger partial charge in [0.05, 0.1) is 19.2 Å². The van der Waals surface area contributed by atoms with Crippen molar-refractivity contribution in [3.05, 3.63) is 0 Å². The molecule has 0 aromatic carbocycles. The maximum atomic E-state index is 11.4. The van der Waals surface area contributed by atoms with Gasteiger partial charge in [-0.3, -0.25) is 9.80 Å². The first-order valence-corrected chi connectivity index (χ1v) is 7.98. The average Bonchev–Trinajstić information content (AvgIpc) is 2.49. The number of rotatable bonds is 9. The van der Waals surface area contributed by atoms with Crippen LogP contribution in [0.4, 0.5) is 4.79 Å². The fourth-order valence-electron chi connectivity index (χ4n) is 2.02. The second-order valence-electron chi connectivity index (χ2n) is 4.62. The Morgan fingerprint density at radius 1 is 1.10 bits per heavy atom. The van der Waals surface area contributed by atoms with Crippen LogP contribution in [0.25, 0.3) is 0 Å². The molecule has 0 bridgehead atoms. The van der Waals surface area contributed by atoms with Crippen LogP contribution < -0.4 is 5.32 Å². The minimum Gasteiger partial charge on any atom is -0.450 e. The van der Waals surface area contributed by atoms with E-state index in [9.17, 15) is 4.79 Å². The van der Waals surface area contributed by atoms with Crippen molar-refractivity contribution in [2.45, 2.75) is 40.7 Å². The normalized spacial score (nSPS) is 12.0. The molecule has 122 valence electrons. The number of alkyl carbamates (subject to hydrolysis) is 1. The summed E-state index contributed by atoms with van der Waals surface area (Å²) in [6.07, 6.45) is -0.375. The number of hydrogen-bond acceptors (Lipinski definition) is 4. The van der Waals surface area contributed by atoms with Crippen molar-refractivity contribution in [1.29, 1.82) is 0 Å². The largest absolute Gasteiger partial charge is 0.450 e. The van der Waals surface area contributed by atoms with E-state index in [1.807, 2.05) is 0 Å². The van der Waals surface area contributed by atoms with Gasteiger partial charge < -0.3 is 10.1 Å². The SMILES string of the molecule is CCOC(=O)NC[C@@H](C#CCN(CC)CC)N(CC)CC. The van der Waals surface area contributed by atoms with Gasteiger partial charge in [-0.25, -0.2) is 4.79 Å². The highest BCUT2D eigenvalue weighted by atomic mass is 16.5. The monoisotopic (exact) mass is 297 g/mol. The molecular weight excluding hydrogens is 266 g/mol. The average molecular weight is 297 g/mol.